The molecule has 0 radical (unpaired) electrons. The van der Waals surface area contributed by atoms with Gasteiger partial charge in [-0.15, -0.1) is 11.3 Å². The van der Waals surface area contributed by atoms with Gasteiger partial charge in [0.15, 0.2) is 0 Å². The van der Waals surface area contributed by atoms with Crippen molar-refractivity contribution in [3.05, 3.63) is 75.2 Å². The molecule has 0 spiro atoms. The number of anilines is 1. The summed E-state index contributed by atoms with van der Waals surface area (Å²) in [6, 6.07) is 13.1. The Bertz CT molecular complexity index is 1150. The quantitative estimate of drug-likeness (QED) is 0.555. The first kappa shape index (κ1) is 23.9. The molecule has 178 valence electrons. The number of aryl methyl sites for hydroxylation is 2. The standard InChI is InChI=1S/C26H30N4O3S/c1-18-5-4-6-24(19(18)2)28-25(31)15-29-11-13-30(14-12-29)26(32)21-7-9-23(10-8-21)33-16-22-17-34-20(3)27-22/h4-10,17H,11-16H2,1-3H3,(H,28,31). The summed E-state index contributed by atoms with van der Waals surface area (Å²) in [6.07, 6.45) is 0. The average Bonchev–Trinajstić information content (AvgIpc) is 3.26. The summed E-state index contributed by atoms with van der Waals surface area (Å²) in [7, 11) is 0. The molecular weight excluding hydrogens is 448 g/mol. The van der Waals surface area contributed by atoms with E-state index in [0.29, 0.717) is 50.6 Å². The van der Waals surface area contributed by atoms with Crippen molar-refractivity contribution in [3.63, 3.8) is 0 Å². The van der Waals surface area contributed by atoms with E-state index < -0.39 is 0 Å². The van der Waals surface area contributed by atoms with Crippen LogP contribution in [-0.2, 0) is 11.4 Å². The Balaban J connectivity index is 1.23. The maximum absolute atomic E-state index is 12.9. The summed E-state index contributed by atoms with van der Waals surface area (Å²) in [6.45, 7) is 9.27. The lowest BCUT2D eigenvalue weighted by atomic mass is 10.1. The molecule has 2 heterocycles. The molecule has 1 saturated heterocycles. The minimum atomic E-state index is -0.0307. The summed E-state index contributed by atoms with van der Waals surface area (Å²) >= 11 is 1.60. The lowest BCUT2D eigenvalue weighted by molar-refractivity contribution is -0.117. The van der Waals surface area contributed by atoms with Crippen LogP contribution in [0.2, 0.25) is 0 Å². The van der Waals surface area contributed by atoms with Crippen LogP contribution in [0.25, 0.3) is 0 Å². The van der Waals surface area contributed by atoms with Crippen LogP contribution in [0.4, 0.5) is 5.69 Å². The van der Waals surface area contributed by atoms with Gasteiger partial charge in [-0.25, -0.2) is 4.98 Å². The van der Waals surface area contributed by atoms with Crippen LogP contribution in [0, 0.1) is 20.8 Å². The minimum absolute atomic E-state index is 0.00108. The molecule has 0 atom stereocenters. The molecule has 1 aliphatic rings. The fourth-order valence-electron chi connectivity index (χ4n) is 3.90. The third kappa shape index (κ3) is 6.01. The lowest BCUT2D eigenvalue weighted by Gasteiger charge is -2.34. The van der Waals surface area contributed by atoms with E-state index in [1.54, 1.807) is 23.5 Å². The van der Waals surface area contributed by atoms with Crippen molar-refractivity contribution in [2.75, 3.05) is 38.0 Å². The van der Waals surface area contributed by atoms with Gasteiger partial charge in [0, 0.05) is 42.8 Å². The van der Waals surface area contributed by atoms with E-state index in [1.165, 1.54) is 0 Å². The Morgan fingerprint density at radius 1 is 1.03 bits per heavy atom. The zero-order valence-electron chi connectivity index (χ0n) is 19.8. The topological polar surface area (TPSA) is 74.8 Å². The lowest BCUT2D eigenvalue weighted by Crippen LogP contribution is -2.50. The van der Waals surface area contributed by atoms with Crippen LogP contribution in [0.1, 0.15) is 32.2 Å². The van der Waals surface area contributed by atoms with Gasteiger partial charge in [-0.2, -0.15) is 0 Å². The number of thiazole rings is 1. The Morgan fingerprint density at radius 2 is 1.76 bits per heavy atom. The average molecular weight is 479 g/mol. The first-order valence-electron chi connectivity index (χ1n) is 11.4. The summed E-state index contributed by atoms with van der Waals surface area (Å²) < 4.78 is 5.77. The molecule has 2 aromatic carbocycles. The van der Waals surface area contributed by atoms with Gasteiger partial charge in [0.2, 0.25) is 5.91 Å². The third-order valence-electron chi connectivity index (χ3n) is 6.06. The van der Waals surface area contributed by atoms with Crippen molar-refractivity contribution in [2.24, 2.45) is 0 Å². The molecule has 0 unspecified atom stereocenters. The number of rotatable bonds is 7. The number of piperazine rings is 1. The summed E-state index contributed by atoms with van der Waals surface area (Å²) in [4.78, 5) is 33.7. The molecule has 1 fully saturated rings. The first-order valence-corrected chi connectivity index (χ1v) is 12.3. The van der Waals surface area contributed by atoms with Crippen molar-refractivity contribution < 1.29 is 14.3 Å². The van der Waals surface area contributed by atoms with Crippen LogP contribution in [0.3, 0.4) is 0 Å². The number of carbonyl (C=O) groups is 2. The number of carbonyl (C=O) groups excluding carboxylic acids is 2. The van der Waals surface area contributed by atoms with E-state index in [2.05, 4.69) is 15.2 Å². The largest absolute Gasteiger partial charge is 0.487 e. The van der Waals surface area contributed by atoms with E-state index in [1.807, 2.05) is 61.4 Å². The molecule has 1 aliphatic heterocycles. The molecule has 4 rings (SSSR count). The second-order valence-electron chi connectivity index (χ2n) is 8.53. The number of ether oxygens (including phenoxy) is 1. The van der Waals surface area contributed by atoms with Gasteiger partial charge in [-0.3, -0.25) is 14.5 Å². The van der Waals surface area contributed by atoms with Crippen LogP contribution in [-0.4, -0.2) is 59.3 Å². The van der Waals surface area contributed by atoms with Gasteiger partial charge in [0.05, 0.1) is 17.2 Å². The summed E-state index contributed by atoms with van der Waals surface area (Å²) in [5.74, 6) is 0.680. The second-order valence-corrected chi connectivity index (χ2v) is 9.60. The number of nitrogens with one attached hydrogen (secondary N) is 1. The zero-order chi connectivity index (χ0) is 24.1. The maximum atomic E-state index is 12.9. The Labute approximate surface area is 204 Å². The Kier molecular flexibility index (Phi) is 7.59. The van der Waals surface area contributed by atoms with Gasteiger partial charge in [-0.1, -0.05) is 12.1 Å². The smallest absolute Gasteiger partial charge is 0.253 e. The molecule has 34 heavy (non-hydrogen) atoms. The number of nitrogens with zero attached hydrogens (tertiary/aromatic N) is 3. The normalized spacial score (nSPS) is 14.1. The van der Waals surface area contributed by atoms with Gasteiger partial charge >= 0.3 is 0 Å². The van der Waals surface area contributed by atoms with Gasteiger partial charge < -0.3 is 15.0 Å². The highest BCUT2D eigenvalue weighted by Gasteiger charge is 2.23. The zero-order valence-corrected chi connectivity index (χ0v) is 20.7. The molecule has 2 amide bonds. The van der Waals surface area contributed by atoms with Crippen LogP contribution in [0.15, 0.2) is 47.8 Å². The third-order valence-corrected chi connectivity index (χ3v) is 6.88. The van der Waals surface area contributed by atoms with E-state index in [-0.39, 0.29) is 11.8 Å². The van der Waals surface area contributed by atoms with Gasteiger partial charge in [0.1, 0.15) is 12.4 Å². The highest BCUT2D eigenvalue weighted by Crippen LogP contribution is 2.19. The summed E-state index contributed by atoms with van der Waals surface area (Å²) in [5.41, 5.74) is 4.63. The van der Waals surface area contributed by atoms with Crippen LogP contribution < -0.4 is 10.1 Å². The highest BCUT2D eigenvalue weighted by molar-refractivity contribution is 7.09. The number of hydrogen-bond donors (Lipinski definition) is 1. The Morgan fingerprint density at radius 3 is 2.44 bits per heavy atom. The van der Waals surface area contributed by atoms with Gasteiger partial charge in [0.25, 0.3) is 5.91 Å². The molecule has 0 bridgehead atoms. The van der Waals surface area contributed by atoms with Crippen molar-refractivity contribution >= 4 is 28.8 Å². The molecule has 1 N–H and O–H groups in total. The number of benzene rings is 2. The van der Waals surface area contributed by atoms with E-state index in [4.69, 9.17) is 4.74 Å². The van der Waals surface area contributed by atoms with Gasteiger partial charge in [-0.05, 0) is 62.2 Å². The fourth-order valence-corrected chi connectivity index (χ4v) is 4.49. The highest BCUT2D eigenvalue weighted by atomic mass is 32.1. The SMILES string of the molecule is Cc1nc(COc2ccc(C(=O)N3CCN(CC(=O)Nc4cccc(C)c4C)CC3)cc2)cs1. The molecule has 0 saturated carbocycles. The number of aromatic nitrogens is 1. The van der Waals surface area contributed by atoms with Crippen molar-refractivity contribution in [2.45, 2.75) is 27.4 Å². The fraction of sp³-hybridized carbons (Fsp3) is 0.346. The minimum Gasteiger partial charge on any atom is -0.487 e. The van der Waals surface area contributed by atoms with Crippen molar-refractivity contribution in [1.29, 1.82) is 0 Å². The van der Waals surface area contributed by atoms with Crippen molar-refractivity contribution in [1.82, 2.24) is 14.8 Å². The maximum Gasteiger partial charge on any atom is 0.253 e. The van der Waals surface area contributed by atoms with E-state index in [0.717, 1.165) is 27.5 Å². The van der Waals surface area contributed by atoms with Crippen LogP contribution >= 0.6 is 11.3 Å². The van der Waals surface area contributed by atoms with Crippen molar-refractivity contribution in [3.8, 4) is 5.75 Å². The predicted molar refractivity (Wildman–Crippen MR) is 135 cm³/mol. The molecule has 0 aliphatic carbocycles. The number of hydrogen-bond acceptors (Lipinski definition) is 6. The Hall–Kier alpha value is -3.23. The molecule has 8 heteroatoms. The molecule has 1 aromatic heterocycles. The molecule has 3 aromatic rings. The predicted octanol–water partition coefficient (Wildman–Crippen LogP) is 4.04. The monoisotopic (exact) mass is 478 g/mol. The molecular formula is C26H30N4O3S. The molecule has 7 nitrogen and oxygen atoms in total. The summed E-state index contributed by atoms with van der Waals surface area (Å²) in [5, 5.41) is 6.01. The second kappa shape index (κ2) is 10.8. The van der Waals surface area contributed by atoms with Crippen LogP contribution in [0.5, 0.6) is 5.75 Å². The first-order chi connectivity index (χ1) is 16.4. The van der Waals surface area contributed by atoms with E-state index >= 15 is 0 Å². The number of amides is 2. The van der Waals surface area contributed by atoms with E-state index in [9.17, 15) is 9.59 Å².